The van der Waals surface area contributed by atoms with E-state index in [4.69, 9.17) is 4.74 Å². The number of thiazole rings is 1. The second-order valence-electron chi connectivity index (χ2n) is 6.58. The van der Waals surface area contributed by atoms with Crippen LogP contribution in [0, 0.1) is 0 Å². The molecule has 1 aliphatic carbocycles. The lowest BCUT2D eigenvalue weighted by atomic mass is 10.1. The molecule has 2 fully saturated rings. The van der Waals surface area contributed by atoms with Gasteiger partial charge >= 0.3 is 0 Å². The highest BCUT2D eigenvalue weighted by atomic mass is 32.1. The van der Waals surface area contributed by atoms with E-state index in [1.165, 1.54) is 37.0 Å². The number of aromatic nitrogens is 1. The molecule has 0 radical (unpaired) electrons. The smallest absolute Gasteiger partial charge is 0.271 e. The minimum atomic E-state index is -0.0284. The molecule has 1 aromatic rings. The number of anilines is 1. The van der Waals surface area contributed by atoms with Gasteiger partial charge in [-0.25, -0.2) is 4.98 Å². The molecule has 0 spiro atoms. The largest absolute Gasteiger partial charge is 0.379 e. The van der Waals surface area contributed by atoms with E-state index >= 15 is 0 Å². The molecule has 1 aromatic heterocycles. The minimum absolute atomic E-state index is 0.0284. The van der Waals surface area contributed by atoms with E-state index in [1.807, 2.05) is 5.38 Å². The van der Waals surface area contributed by atoms with Crippen molar-refractivity contribution in [2.75, 3.05) is 44.7 Å². The van der Waals surface area contributed by atoms with Gasteiger partial charge < -0.3 is 15.4 Å². The standard InChI is InChI=1S/C17H28N4O2S/c22-16(19-14-5-3-1-2-4-6-14)15-13-24-17(20-15)18-7-8-21-9-11-23-12-10-21/h13-14H,1-12H2,(H,18,20)(H,19,22). The molecule has 0 unspecified atom stereocenters. The Labute approximate surface area is 148 Å². The van der Waals surface area contributed by atoms with Gasteiger partial charge in [0.25, 0.3) is 5.91 Å². The van der Waals surface area contributed by atoms with Gasteiger partial charge in [-0.05, 0) is 12.8 Å². The predicted molar refractivity (Wildman–Crippen MR) is 96.8 cm³/mol. The van der Waals surface area contributed by atoms with Crippen LogP contribution >= 0.6 is 11.3 Å². The molecule has 0 atom stereocenters. The van der Waals surface area contributed by atoms with Crippen LogP contribution in [0.3, 0.4) is 0 Å². The number of amides is 1. The van der Waals surface area contributed by atoms with Gasteiger partial charge in [-0.1, -0.05) is 25.7 Å². The summed E-state index contributed by atoms with van der Waals surface area (Å²) < 4.78 is 5.35. The summed E-state index contributed by atoms with van der Waals surface area (Å²) in [6.45, 7) is 5.46. The fourth-order valence-electron chi connectivity index (χ4n) is 3.29. The maximum absolute atomic E-state index is 12.3. The lowest BCUT2D eigenvalue weighted by molar-refractivity contribution is 0.0398. The van der Waals surface area contributed by atoms with Crippen LogP contribution in [0.15, 0.2) is 5.38 Å². The van der Waals surface area contributed by atoms with E-state index in [9.17, 15) is 4.79 Å². The first kappa shape index (κ1) is 17.6. The first-order chi connectivity index (χ1) is 11.8. The lowest BCUT2D eigenvalue weighted by Crippen LogP contribution is -2.39. The summed E-state index contributed by atoms with van der Waals surface area (Å²) in [4.78, 5) is 19.2. The molecular weight excluding hydrogens is 324 g/mol. The fraction of sp³-hybridized carbons (Fsp3) is 0.765. The van der Waals surface area contributed by atoms with Crippen molar-refractivity contribution in [2.24, 2.45) is 0 Å². The predicted octanol–water partition coefficient (Wildman–Crippen LogP) is 2.34. The van der Waals surface area contributed by atoms with Crippen molar-refractivity contribution in [3.63, 3.8) is 0 Å². The molecule has 6 nitrogen and oxygen atoms in total. The summed E-state index contributed by atoms with van der Waals surface area (Å²) >= 11 is 1.50. The topological polar surface area (TPSA) is 66.5 Å². The zero-order valence-corrected chi connectivity index (χ0v) is 15.1. The molecule has 24 heavy (non-hydrogen) atoms. The number of hydrogen-bond acceptors (Lipinski definition) is 6. The van der Waals surface area contributed by atoms with Gasteiger partial charge in [-0.2, -0.15) is 0 Å². The van der Waals surface area contributed by atoms with E-state index < -0.39 is 0 Å². The number of nitrogens with zero attached hydrogens (tertiary/aromatic N) is 2. The van der Waals surface area contributed by atoms with Crippen LogP contribution in [0.25, 0.3) is 0 Å². The van der Waals surface area contributed by atoms with Crippen LogP contribution in [-0.2, 0) is 4.74 Å². The zero-order chi connectivity index (χ0) is 16.6. The Morgan fingerprint density at radius 3 is 2.75 bits per heavy atom. The van der Waals surface area contributed by atoms with Crippen LogP contribution < -0.4 is 10.6 Å². The first-order valence-corrected chi connectivity index (χ1v) is 9.99. The van der Waals surface area contributed by atoms with Crippen molar-refractivity contribution in [2.45, 2.75) is 44.6 Å². The van der Waals surface area contributed by atoms with E-state index in [2.05, 4.69) is 20.5 Å². The van der Waals surface area contributed by atoms with Gasteiger partial charge in [0, 0.05) is 37.6 Å². The molecule has 1 saturated heterocycles. The Kier molecular flexibility index (Phi) is 6.86. The third-order valence-corrected chi connectivity index (χ3v) is 5.54. The van der Waals surface area contributed by atoms with Gasteiger partial charge in [-0.3, -0.25) is 9.69 Å². The third-order valence-electron chi connectivity index (χ3n) is 4.74. The maximum atomic E-state index is 12.3. The number of rotatable bonds is 6. The Morgan fingerprint density at radius 1 is 1.25 bits per heavy atom. The Morgan fingerprint density at radius 2 is 2.00 bits per heavy atom. The van der Waals surface area contributed by atoms with Crippen molar-refractivity contribution in [3.8, 4) is 0 Å². The average molecular weight is 353 g/mol. The molecule has 3 rings (SSSR count). The van der Waals surface area contributed by atoms with Crippen molar-refractivity contribution < 1.29 is 9.53 Å². The van der Waals surface area contributed by atoms with Crippen LogP contribution in [-0.4, -0.2) is 61.2 Å². The van der Waals surface area contributed by atoms with Crippen molar-refractivity contribution in [1.29, 1.82) is 0 Å². The Bertz CT molecular complexity index is 508. The van der Waals surface area contributed by atoms with Crippen LogP contribution in [0.2, 0.25) is 0 Å². The van der Waals surface area contributed by atoms with Crippen molar-refractivity contribution in [1.82, 2.24) is 15.2 Å². The monoisotopic (exact) mass is 352 g/mol. The Hall–Kier alpha value is -1.18. The number of ether oxygens (including phenoxy) is 1. The normalized spacial score (nSPS) is 20.5. The van der Waals surface area contributed by atoms with Crippen LogP contribution in [0.4, 0.5) is 5.13 Å². The highest BCUT2D eigenvalue weighted by molar-refractivity contribution is 7.13. The van der Waals surface area contributed by atoms with E-state index in [0.717, 1.165) is 57.4 Å². The quantitative estimate of drug-likeness (QED) is 0.769. The van der Waals surface area contributed by atoms with Gasteiger partial charge in [0.15, 0.2) is 5.13 Å². The second kappa shape index (κ2) is 9.34. The summed E-state index contributed by atoms with van der Waals surface area (Å²) in [5, 5.41) is 9.16. The molecular formula is C17H28N4O2S. The summed E-state index contributed by atoms with van der Waals surface area (Å²) in [5.41, 5.74) is 0.540. The summed E-state index contributed by atoms with van der Waals surface area (Å²) in [6, 6.07) is 0.319. The molecule has 0 aromatic carbocycles. The lowest BCUT2D eigenvalue weighted by Gasteiger charge is -2.26. The Balaban J connectivity index is 1.41. The summed E-state index contributed by atoms with van der Waals surface area (Å²) in [6.07, 6.45) is 7.22. The maximum Gasteiger partial charge on any atom is 0.271 e. The number of hydrogen-bond donors (Lipinski definition) is 2. The SMILES string of the molecule is O=C(NC1CCCCCC1)c1csc(NCCN2CCOCC2)n1. The van der Waals surface area contributed by atoms with Crippen molar-refractivity contribution >= 4 is 22.4 Å². The molecule has 2 N–H and O–H groups in total. The molecule has 0 bridgehead atoms. The highest BCUT2D eigenvalue weighted by Crippen LogP contribution is 2.19. The molecule has 7 heteroatoms. The highest BCUT2D eigenvalue weighted by Gasteiger charge is 2.18. The van der Waals surface area contributed by atoms with Gasteiger partial charge in [0.05, 0.1) is 13.2 Å². The molecule has 1 saturated carbocycles. The number of carbonyl (C=O) groups excluding carboxylic acids is 1. The van der Waals surface area contributed by atoms with Gasteiger partial charge in [-0.15, -0.1) is 11.3 Å². The van der Waals surface area contributed by atoms with Gasteiger partial charge in [0.2, 0.25) is 0 Å². The number of morpholine rings is 1. The second-order valence-corrected chi connectivity index (χ2v) is 7.44. The zero-order valence-electron chi connectivity index (χ0n) is 14.3. The number of nitrogens with one attached hydrogen (secondary N) is 2. The number of carbonyl (C=O) groups is 1. The molecule has 1 aliphatic heterocycles. The minimum Gasteiger partial charge on any atom is -0.379 e. The van der Waals surface area contributed by atoms with Gasteiger partial charge in [0.1, 0.15) is 5.69 Å². The van der Waals surface area contributed by atoms with Crippen LogP contribution in [0.5, 0.6) is 0 Å². The van der Waals surface area contributed by atoms with E-state index in [1.54, 1.807) is 0 Å². The summed E-state index contributed by atoms with van der Waals surface area (Å²) in [5.74, 6) is -0.0284. The third kappa shape index (κ3) is 5.43. The molecule has 1 amide bonds. The average Bonchev–Trinajstić information content (AvgIpc) is 2.93. The fourth-order valence-corrected chi connectivity index (χ4v) is 4.01. The molecule has 134 valence electrons. The van der Waals surface area contributed by atoms with E-state index in [-0.39, 0.29) is 5.91 Å². The van der Waals surface area contributed by atoms with Crippen molar-refractivity contribution in [3.05, 3.63) is 11.1 Å². The summed E-state index contributed by atoms with van der Waals surface area (Å²) in [7, 11) is 0. The molecule has 2 aliphatic rings. The van der Waals surface area contributed by atoms with E-state index in [0.29, 0.717) is 11.7 Å². The van der Waals surface area contributed by atoms with Crippen LogP contribution in [0.1, 0.15) is 49.0 Å². The first-order valence-electron chi connectivity index (χ1n) is 9.11. The molecule has 2 heterocycles.